The van der Waals surface area contributed by atoms with Crippen LogP contribution in [-0.4, -0.2) is 64.2 Å². The fourth-order valence-corrected chi connectivity index (χ4v) is 3.35. The predicted octanol–water partition coefficient (Wildman–Crippen LogP) is 1.88. The van der Waals surface area contributed by atoms with Crippen molar-refractivity contribution in [3.8, 4) is 6.07 Å². The zero-order valence-electron chi connectivity index (χ0n) is 16.7. The molecule has 1 aliphatic heterocycles. The topological polar surface area (TPSA) is 105 Å². The number of nitrogens with one attached hydrogen (secondary N) is 1. The van der Waals surface area contributed by atoms with Gasteiger partial charge in [-0.2, -0.15) is 18.4 Å². The summed E-state index contributed by atoms with van der Waals surface area (Å²) in [6, 6.07) is 4.35. The van der Waals surface area contributed by atoms with Gasteiger partial charge in [0.05, 0.1) is 35.3 Å². The Morgan fingerprint density at radius 2 is 1.87 bits per heavy atom. The highest BCUT2D eigenvalue weighted by atomic mass is 19.4. The molecule has 31 heavy (non-hydrogen) atoms. The molecule has 8 nitrogen and oxygen atoms in total. The lowest BCUT2D eigenvalue weighted by molar-refractivity contribution is -0.138. The molecule has 1 aromatic carbocycles. The Morgan fingerprint density at radius 1 is 1.23 bits per heavy atom. The average molecular weight is 434 g/mol. The van der Waals surface area contributed by atoms with Crippen LogP contribution in [0.2, 0.25) is 0 Å². The molecule has 0 spiro atoms. The smallest absolute Gasteiger partial charge is 0.379 e. The zero-order valence-corrected chi connectivity index (χ0v) is 16.7. The van der Waals surface area contributed by atoms with Crippen LogP contribution in [0.1, 0.15) is 18.1 Å². The molecule has 1 fully saturated rings. The van der Waals surface area contributed by atoms with Crippen molar-refractivity contribution in [3.05, 3.63) is 48.0 Å². The molecule has 1 saturated heterocycles. The van der Waals surface area contributed by atoms with Crippen molar-refractivity contribution in [1.82, 2.24) is 14.9 Å². The third-order valence-corrected chi connectivity index (χ3v) is 5.01. The maximum atomic E-state index is 13.1. The van der Waals surface area contributed by atoms with Crippen molar-refractivity contribution >= 4 is 17.3 Å². The van der Waals surface area contributed by atoms with Crippen LogP contribution in [0.4, 0.5) is 24.5 Å². The van der Waals surface area contributed by atoms with Gasteiger partial charge in [0.15, 0.2) is 5.60 Å². The number of β-amino-alcohol motifs (C(OH)–C–C–N with tert-alkyl or cyclic N) is 1. The molecular weight excluding hydrogens is 413 g/mol. The summed E-state index contributed by atoms with van der Waals surface area (Å²) in [7, 11) is 0. The van der Waals surface area contributed by atoms with Gasteiger partial charge in [0.1, 0.15) is 6.33 Å². The van der Waals surface area contributed by atoms with Gasteiger partial charge < -0.3 is 15.3 Å². The third-order valence-electron chi connectivity index (χ3n) is 5.01. The van der Waals surface area contributed by atoms with E-state index in [1.54, 1.807) is 12.4 Å². The number of anilines is 2. The molecule has 0 radical (unpaired) electrons. The van der Waals surface area contributed by atoms with Crippen LogP contribution in [0.3, 0.4) is 0 Å². The number of benzene rings is 1. The van der Waals surface area contributed by atoms with Crippen LogP contribution >= 0.6 is 0 Å². The molecule has 2 heterocycles. The van der Waals surface area contributed by atoms with Crippen LogP contribution in [0, 0.1) is 11.3 Å². The molecule has 11 heteroatoms. The predicted molar refractivity (Wildman–Crippen MR) is 106 cm³/mol. The van der Waals surface area contributed by atoms with Gasteiger partial charge >= 0.3 is 6.18 Å². The van der Waals surface area contributed by atoms with E-state index in [0.29, 0.717) is 32.2 Å². The van der Waals surface area contributed by atoms with Gasteiger partial charge in [-0.3, -0.25) is 9.69 Å². The van der Waals surface area contributed by atoms with E-state index in [9.17, 15) is 23.1 Å². The lowest BCUT2D eigenvalue weighted by Crippen LogP contribution is -2.54. The van der Waals surface area contributed by atoms with E-state index in [1.165, 1.54) is 25.4 Å². The number of alkyl halides is 3. The lowest BCUT2D eigenvalue weighted by atomic mass is 10.0. The monoisotopic (exact) mass is 434 g/mol. The van der Waals surface area contributed by atoms with E-state index in [4.69, 9.17) is 5.26 Å². The Bertz CT molecular complexity index is 967. The van der Waals surface area contributed by atoms with E-state index < -0.39 is 28.8 Å². The second kappa shape index (κ2) is 8.87. The van der Waals surface area contributed by atoms with Gasteiger partial charge in [-0.25, -0.2) is 9.97 Å². The summed E-state index contributed by atoms with van der Waals surface area (Å²) in [5.41, 5.74) is -2.78. The molecule has 1 amide bonds. The molecular formula is C20H21F3N6O2. The van der Waals surface area contributed by atoms with E-state index in [2.05, 4.69) is 20.2 Å². The highest BCUT2D eigenvalue weighted by molar-refractivity contribution is 5.97. The maximum Gasteiger partial charge on any atom is 0.417 e. The lowest BCUT2D eigenvalue weighted by Gasteiger charge is -2.38. The Balaban J connectivity index is 1.61. The first-order valence-electron chi connectivity index (χ1n) is 9.47. The van der Waals surface area contributed by atoms with E-state index in [1.807, 2.05) is 4.90 Å². The van der Waals surface area contributed by atoms with E-state index in [0.717, 1.165) is 11.8 Å². The number of aromatic nitrogens is 2. The average Bonchev–Trinajstić information content (AvgIpc) is 2.74. The van der Waals surface area contributed by atoms with Gasteiger partial charge in [-0.1, -0.05) is 0 Å². The van der Waals surface area contributed by atoms with Gasteiger partial charge in [0.25, 0.3) is 5.91 Å². The molecule has 0 bridgehead atoms. The highest BCUT2D eigenvalue weighted by Crippen LogP contribution is 2.33. The first kappa shape index (κ1) is 22.5. The van der Waals surface area contributed by atoms with E-state index >= 15 is 0 Å². The largest absolute Gasteiger partial charge is 0.417 e. The molecule has 0 aliphatic carbocycles. The van der Waals surface area contributed by atoms with Crippen molar-refractivity contribution in [1.29, 1.82) is 5.26 Å². The Morgan fingerprint density at radius 3 is 2.45 bits per heavy atom. The Labute approximate surface area is 176 Å². The number of carbonyl (C=O) groups excluding carboxylic acids is 1. The number of hydrogen-bond donors (Lipinski definition) is 2. The number of piperazine rings is 1. The minimum Gasteiger partial charge on any atom is -0.379 e. The molecule has 1 aliphatic rings. The molecule has 3 rings (SSSR count). The normalized spacial score (nSPS) is 17.0. The summed E-state index contributed by atoms with van der Waals surface area (Å²) in [5.74, 6) is -0.829. The van der Waals surface area contributed by atoms with Crippen LogP contribution < -0.4 is 10.2 Å². The summed E-state index contributed by atoms with van der Waals surface area (Å²) in [4.78, 5) is 24.5. The summed E-state index contributed by atoms with van der Waals surface area (Å²) >= 11 is 0. The second-order valence-electron chi connectivity index (χ2n) is 7.46. The molecule has 164 valence electrons. The highest BCUT2D eigenvalue weighted by Gasteiger charge is 2.36. The molecule has 2 N–H and O–H groups in total. The number of aliphatic hydroxyl groups is 1. The number of rotatable bonds is 5. The first-order valence-corrected chi connectivity index (χ1v) is 9.47. The zero-order chi connectivity index (χ0) is 22.6. The summed E-state index contributed by atoms with van der Waals surface area (Å²) < 4.78 is 39.4. The molecule has 1 aromatic heterocycles. The fraction of sp³-hybridized carbons (Fsp3) is 0.400. The molecule has 1 atom stereocenters. The summed E-state index contributed by atoms with van der Waals surface area (Å²) in [6.45, 7) is 3.78. The van der Waals surface area contributed by atoms with Gasteiger partial charge in [0, 0.05) is 38.4 Å². The van der Waals surface area contributed by atoms with Crippen molar-refractivity contribution < 1.29 is 23.1 Å². The Kier molecular flexibility index (Phi) is 6.42. The van der Waals surface area contributed by atoms with Crippen molar-refractivity contribution in [3.63, 3.8) is 0 Å². The maximum absolute atomic E-state index is 13.1. The quantitative estimate of drug-likeness (QED) is 0.740. The second-order valence-corrected chi connectivity index (χ2v) is 7.46. The molecule has 0 unspecified atom stereocenters. The third kappa shape index (κ3) is 5.48. The SMILES string of the molecule is C[C@](O)(CN1CCN(c2cncnc2)CC1)C(=O)Nc1ccc(C#N)c(C(F)(F)F)c1. The number of carbonyl (C=O) groups is 1. The van der Waals surface area contributed by atoms with Crippen LogP contribution in [0.15, 0.2) is 36.9 Å². The first-order chi connectivity index (χ1) is 14.6. The minimum atomic E-state index is -4.74. The standard InChI is InChI=1S/C20H21F3N6O2/c1-19(31,12-28-4-6-29(7-5-28)16-10-25-13-26-11-16)18(30)27-15-3-2-14(9-24)17(8-15)20(21,22)23/h2-3,8,10-11,13,31H,4-7,12H2,1H3,(H,27,30)/t19-/m0/s1. The van der Waals surface area contributed by atoms with Crippen LogP contribution in [0.25, 0.3) is 0 Å². The van der Waals surface area contributed by atoms with Crippen molar-refractivity contribution in [2.45, 2.75) is 18.7 Å². The van der Waals surface area contributed by atoms with Crippen molar-refractivity contribution in [2.75, 3.05) is 42.9 Å². The number of halogens is 3. The Hall–Kier alpha value is -3.23. The minimum absolute atomic E-state index is 0.0143. The fourth-order valence-electron chi connectivity index (χ4n) is 3.35. The summed E-state index contributed by atoms with van der Waals surface area (Å²) in [5, 5.41) is 21.8. The number of hydrogen-bond acceptors (Lipinski definition) is 7. The van der Waals surface area contributed by atoms with Crippen LogP contribution in [-0.2, 0) is 11.0 Å². The van der Waals surface area contributed by atoms with Gasteiger partial charge in [0.2, 0.25) is 0 Å². The van der Waals surface area contributed by atoms with Gasteiger partial charge in [-0.15, -0.1) is 0 Å². The van der Waals surface area contributed by atoms with E-state index in [-0.39, 0.29) is 12.2 Å². The summed E-state index contributed by atoms with van der Waals surface area (Å²) in [6.07, 6.45) is 0.122. The number of nitriles is 1. The van der Waals surface area contributed by atoms with Crippen molar-refractivity contribution in [2.24, 2.45) is 0 Å². The number of amides is 1. The molecule has 2 aromatic rings. The van der Waals surface area contributed by atoms with Crippen LogP contribution in [0.5, 0.6) is 0 Å². The molecule has 0 saturated carbocycles. The van der Waals surface area contributed by atoms with Gasteiger partial charge in [-0.05, 0) is 25.1 Å². The number of nitrogens with zero attached hydrogens (tertiary/aromatic N) is 5.